The number of aromatic nitrogens is 1. The van der Waals surface area contributed by atoms with Gasteiger partial charge in [-0.15, -0.1) is 0 Å². The van der Waals surface area contributed by atoms with Crippen molar-refractivity contribution in [3.05, 3.63) is 86.4 Å². The maximum Gasteiger partial charge on any atom is 0.259 e. The van der Waals surface area contributed by atoms with Gasteiger partial charge in [-0.1, -0.05) is 24.3 Å². The second-order valence-electron chi connectivity index (χ2n) is 7.18. The zero-order valence-corrected chi connectivity index (χ0v) is 20.6. The van der Waals surface area contributed by atoms with E-state index in [0.717, 1.165) is 24.4 Å². The van der Waals surface area contributed by atoms with Gasteiger partial charge < -0.3 is 14.5 Å². The molecule has 5 rings (SSSR count). The van der Waals surface area contributed by atoms with Crippen LogP contribution in [0, 0.1) is 3.57 Å². The highest BCUT2D eigenvalue weighted by atomic mass is 127. The minimum Gasteiger partial charge on any atom is -0.496 e. The summed E-state index contributed by atoms with van der Waals surface area (Å²) in [6.07, 6.45) is 0. The van der Waals surface area contributed by atoms with Gasteiger partial charge in [0.1, 0.15) is 11.3 Å². The molecule has 0 spiro atoms. The number of anilines is 1. The summed E-state index contributed by atoms with van der Waals surface area (Å²) in [6, 6.07) is 22.9. The highest BCUT2D eigenvalue weighted by Gasteiger charge is 2.16. The van der Waals surface area contributed by atoms with Crippen molar-refractivity contribution in [1.82, 2.24) is 4.98 Å². The number of methoxy groups -OCH3 is 1. The third kappa shape index (κ3) is 3.98. The molecular weight excluding hydrogens is 583 g/mol. The van der Waals surface area contributed by atoms with Crippen LogP contribution in [-0.2, 0) is 0 Å². The van der Waals surface area contributed by atoms with Gasteiger partial charge in [-0.25, -0.2) is 4.98 Å². The summed E-state index contributed by atoms with van der Waals surface area (Å²) in [4.78, 5) is 17.7. The van der Waals surface area contributed by atoms with Crippen molar-refractivity contribution < 1.29 is 13.9 Å². The van der Waals surface area contributed by atoms with Crippen molar-refractivity contribution >= 4 is 72.0 Å². The fourth-order valence-electron chi connectivity index (χ4n) is 3.55. The van der Waals surface area contributed by atoms with E-state index in [1.165, 1.54) is 0 Å². The van der Waals surface area contributed by atoms with Crippen LogP contribution in [-0.4, -0.2) is 18.0 Å². The lowest BCUT2D eigenvalue weighted by Crippen LogP contribution is -2.13. The van der Waals surface area contributed by atoms with Crippen LogP contribution in [0.25, 0.3) is 33.3 Å². The Bertz CT molecular complexity index is 1500. The maximum absolute atomic E-state index is 13.0. The largest absolute Gasteiger partial charge is 0.496 e. The first kappa shape index (κ1) is 21.0. The number of carbonyl (C=O) groups is 1. The summed E-state index contributed by atoms with van der Waals surface area (Å²) in [5, 5.41) is 4.93. The molecule has 0 saturated carbocycles. The van der Waals surface area contributed by atoms with Crippen LogP contribution in [0.5, 0.6) is 5.75 Å². The Balaban J connectivity index is 1.47. The quantitative estimate of drug-likeness (QED) is 0.221. The number of oxazole rings is 1. The second-order valence-corrected chi connectivity index (χ2v) is 9.28. The Kier molecular flexibility index (Phi) is 5.60. The van der Waals surface area contributed by atoms with Crippen LogP contribution in [0.4, 0.5) is 5.69 Å². The molecule has 0 aliphatic carbocycles. The predicted octanol–water partition coefficient (Wildman–Crippen LogP) is 7.28. The monoisotopic (exact) mass is 598 g/mol. The summed E-state index contributed by atoms with van der Waals surface area (Å²) >= 11 is 5.81. The number of hydrogen-bond donors (Lipinski definition) is 1. The van der Waals surface area contributed by atoms with Gasteiger partial charge in [-0.2, -0.15) is 0 Å². The molecule has 7 heteroatoms. The number of nitrogens with one attached hydrogen (secondary N) is 1. The fraction of sp³-hybridized carbons (Fsp3) is 0.0400. The zero-order valence-electron chi connectivity index (χ0n) is 16.9. The highest BCUT2D eigenvalue weighted by molar-refractivity contribution is 14.1. The van der Waals surface area contributed by atoms with E-state index in [-0.39, 0.29) is 5.91 Å². The van der Waals surface area contributed by atoms with Gasteiger partial charge in [0.15, 0.2) is 5.58 Å². The number of amides is 1. The average Bonchev–Trinajstić information content (AvgIpc) is 3.22. The van der Waals surface area contributed by atoms with Gasteiger partial charge in [-0.3, -0.25) is 4.79 Å². The van der Waals surface area contributed by atoms with Crippen LogP contribution in [0.15, 0.2) is 81.7 Å². The smallest absolute Gasteiger partial charge is 0.259 e. The van der Waals surface area contributed by atoms with E-state index >= 15 is 0 Å². The van der Waals surface area contributed by atoms with Gasteiger partial charge in [-0.05, 0) is 97.8 Å². The Labute approximate surface area is 206 Å². The summed E-state index contributed by atoms with van der Waals surface area (Å²) in [6.45, 7) is 0. The van der Waals surface area contributed by atoms with Gasteiger partial charge in [0.05, 0.1) is 18.2 Å². The summed E-state index contributed by atoms with van der Waals surface area (Å²) in [7, 11) is 1.56. The Morgan fingerprint density at radius 2 is 1.81 bits per heavy atom. The van der Waals surface area contributed by atoms with Gasteiger partial charge in [0.25, 0.3) is 5.91 Å². The molecule has 0 bridgehead atoms. The molecule has 0 radical (unpaired) electrons. The number of fused-ring (bicyclic) bond motifs is 2. The summed E-state index contributed by atoms with van der Waals surface area (Å²) < 4.78 is 13.4. The third-order valence-electron chi connectivity index (χ3n) is 5.12. The van der Waals surface area contributed by atoms with Crippen LogP contribution >= 0.6 is 38.5 Å². The molecule has 0 aliphatic rings. The van der Waals surface area contributed by atoms with Crippen LogP contribution in [0.1, 0.15) is 10.4 Å². The average molecular weight is 599 g/mol. The number of hydrogen-bond acceptors (Lipinski definition) is 4. The van der Waals surface area contributed by atoms with Gasteiger partial charge in [0, 0.05) is 13.7 Å². The molecule has 0 aliphatic heterocycles. The van der Waals surface area contributed by atoms with Gasteiger partial charge >= 0.3 is 0 Å². The summed E-state index contributed by atoms with van der Waals surface area (Å²) in [5.74, 6) is 0.788. The minimum atomic E-state index is -0.254. The molecule has 158 valence electrons. The van der Waals surface area contributed by atoms with Crippen molar-refractivity contribution in [2.75, 3.05) is 12.4 Å². The molecule has 0 atom stereocenters. The molecule has 1 aromatic heterocycles. The van der Waals surface area contributed by atoms with Crippen molar-refractivity contribution in [2.45, 2.75) is 0 Å². The number of ether oxygens (including phenoxy) is 1. The Morgan fingerprint density at radius 1 is 1.03 bits per heavy atom. The topological polar surface area (TPSA) is 64.4 Å². The highest BCUT2D eigenvalue weighted by Crippen LogP contribution is 2.33. The standard InChI is InChI=1S/C25H16BrIN2O3/c1-31-23-11-15-5-3-2-4-14(15)10-19(23)24(30)28-17-7-9-22-21(13-17)29-25(32-22)18-12-16(27)6-8-20(18)26/h2-13H,1H3,(H,28,30). The zero-order chi connectivity index (χ0) is 22.2. The van der Waals surface area contributed by atoms with Crippen LogP contribution < -0.4 is 10.1 Å². The fourth-order valence-corrected chi connectivity index (χ4v) is 4.45. The third-order valence-corrected chi connectivity index (χ3v) is 6.48. The Hall–Kier alpha value is -2.91. The van der Waals surface area contributed by atoms with Gasteiger partial charge in [0.2, 0.25) is 5.89 Å². The first-order chi connectivity index (χ1) is 15.5. The maximum atomic E-state index is 13.0. The lowest BCUT2D eigenvalue weighted by Gasteiger charge is -2.11. The summed E-state index contributed by atoms with van der Waals surface area (Å²) in [5.41, 5.74) is 3.27. The van der Waals surface area contributed by atoms with Crippen LogP contribution in [0.3, 0.4) is 0 Å². The first-order valence-corrected chi connectivity index (χ1v) is 11.6. The normalized spacial score (nSPS) is 11.1. The van der Waals surface area contributed by atoms with Crippen molar-refractivity contribution in [3.8, 4) is 17.2 Å². The number of benzene rings is 4. The molecule has 0 unspecified atom stereocenters. The predicted molar refractivity (Wildman–Crippen MR) is 138 cm³/mol. The second kappa shape index (κ2) is 8.55. The number of nitrogens with zero attached hydrogens (tertiary/aromatic N) is 1. The molecular formula is C25H16BrIN2O3. The number of halogens is 2. The number of rotatable bonds is 4. The molecule has 0 saturated heterocycles. The first-order valence-electron chi connectivity index (χ1n) is 9.76. The van der Waals surface area contributed by atoms with E-state index in [1.54, 1.807) is 25.3 Å². The molecule has 0 fully saturated rings. The van der Waals surface area contributed by atoms with Crippen molar-refractivity contribution in [3.63, 3.8) is 0 Å². The molecule has 5 nitrogen and oxygen atoms in total. The van der Waals surface area contributed by atoms with E-state index in [4.69, 9.17) is 9.15 Å². The van der Waals surface area contributed by atoms with Crippen LogP contribution in [0.2, 0.25) is 0 Å². The molecule has 1 N–H and O–H groups in total. The molecule has 1 amide bonds. The molecule has 1 heterocycles. The lowest BCUT2D eigenvalue weighted by atomic mass is 10.1. The SMILES string of the molecule is COc1cc2ccccc2cc1C(=O)Nc1ccc2oc(-c3cc(I)ccc3Br)nc2c1. The Morgan fingerprint density at radius 3 is 2.59 bits per heavy atom. The minimum absolute atomic E-state index is 0.254. The molecule has 5 aromatic rings. The lowest BCUT2D eigenvalue weighted by molar-refractivity contribution is 0.102. The van der Waals surface area contributed by atoms with Crippen molar-refractivity contribution in [1.29, 1.82) is 0 Å². The molecule has 32 heavy (non-hydrogen) atoms. The number of carbonyl (C=O) groups excluding carboxylic acids is 1. The molecule has 4 aromatic carbocycles. The van der Waals surface area contributed by atoms with E-state index in [9.17, 15) is 4.79 Å². The van der Waals surface area contributed by atoms with E-state index in [0.29, 0.717) is 34.0 Å². The van der Waals surface area contributed by atoms with E-state index < -0.39 is 0 Å². The van der Waals surface area contributed by atoms with E-state index in [1.807, 2.05) is 54.6 Å². The van der Waals surface area contributed by atoms with Crippen molar-refractivity contribution in [2.24, 2.45) is 0 Å². The van der Waals surface area contributed by atoms with E-state index in [2.05, 4.69) is 48.8 Å².